The fourth-order valence-corrected chi connectivity index (χ4v) is 2.60. The van der Waals surface area contributed by atoms with E-state index in [2.05, 4.69) is 21.8 Å². The van der Waals surface area contributed by atoms with Crippen LogP contribution in [-0.4, -0.2) is 24.6 Å². The third-order valence-corrected chi connectivity index (χ3v) is 3.93. The minimum Gasteiger partial charge on any atom is -0.480 e. The molecule has 3 rings (SSSR count). The topological polar surface area (TPSA) is 79.8 Å². The minimum absolute atomic E-state index is 0.0661. The van der Waals surface area contributed by atoms with Crippen molar-refractivity contribution >= 4 is 34.5 Å². The Balaban J connectivity index is 1.76. The summed E-state index contributed by atoms with van der Waals surface area (Å²) in [6.07, 6.45) is 6.61. The molecular formula is C22H16FN3O3. The van der Waals surface area contributed by atoms with Crippen molar-refractivity contribution in [3.05, 3.63) is 72.0 Å². The second kappa shape index (κ2) is 9.15. The van der Waals surface area contributed by atoms with Crippen LogP contribution in [0.5, 0.6) is 5.75 Å². The Morgan fingerprint density at radius 1 is 1.07 bits per heavy atom. The van der Waals surface area contributed by atoms with E-state index in [0.29, 0.717) is 11.3 Å². The molecule has 7 heteroatoms. The molecule has 0 radical (unpaired) electrons. The van der Waals surface area contributed by atoms with Gasteiger partial charge in [0.05, 0.1) is 11.9 Å². The Morgan fingerprint density at radius 2 is 1.83 bits per heavy atom. The lowest BCUT2D eigenvalue weighted by atomic mass is 10.0. The molecule has 2 amide bonds. The van der Waals surface area contributed by atoms with Crippen molar-refractivity contribution in [2.45, 2.75) is 0 Å². The second-order valence-corrected chi connectivity index (χ2v) is 5.82. The highest BCUT2D eigenvalue weighted by molar-refractivity contribution is 6.39. The monoisotopic (exact) mass is 389 g/mol. The molecular weight excluding hydrogens is 373 g/mol. The zero-order valence-electron chi connectivity index (χ0n) is 15.2. The van der Waals surface area contributed by atoms with Gasteiger partial charge in [-0.3, -0.25) is 9.59 Å². The molecule has 0 saturated carbocycles. The lowest BCUT2D eigenvalue weighted by Crippen LogP contribution is -2.32. The zero-order chi connectivity index (χ0) is 20.6. The Bertz CT molecular complexity index is 1140. The first kappa shape index (κ1) is 19.6. The quantitative estimate of drug-likeness (QED) is 0.305. The van der Waals surface area contributed by atoms with Crippen molar-refractivity contribution in [1.29, 1.82) is 0 Å². The molecule has 0 aromatic heterocycles. The Kier molecular flexibility index (Phi) is 6.18. The predicted octanol–water partition coefficient (Wildman–Crippen LogP) is 3.08. The van der Waals surface area contributed by atoms with Gasteiger partial charge in [0.2, 0.25) is 0 Å². The molecule has 0 fully saturated rings. The lowest BCUT2D eigenvalue weighted by Gasteiger charge is -2.10. The number of para-hydroxylation sites is 1. The molecule has 6 nitrogen and oxygen atoms in total. The SMILES string of the molecule is C#CCOc1ccc2ccccc2c1/C=N\NC(=O)C(=O)Nc1ccccc1F. The molecule has 0 bridgehead atoms. The molecule has 0 aliphatic rings. The average molecular weight is 389 g/mol. The summed E-state index contributed by atoms with van der Waals surface area (Å²) in [6, 6.07) is 16.7. The summed E-state index contributed by atoms with van der Waals surface area (Å²) in [5, 5.41) is 7.78. The van der Waals surface area contributed by atoms with E-state index >= 15 is 0 Å². The van der Waals surface area contributed by atoms with Gasteiger partial charge in [-0.1, -0.05) is 48.4 Å². The third-order valence-electron chi connectivity index (χ3n) is 3.93. The number of anilines is 1. The number of rotatable bonds is 5. The Morgan fingerprint density at radius 3 is 2.62 bits per heavy atom. The number of fused-ring (bicyclic) bond motifs is 1. The van der Waals surface area contributed by atoms with E-state index in [4.69, 9.17) is 11.2 Å². The molecule has 0 unspecified atom stereocenters. The van der Waals surface area contributed by atoms with Crippen molar-refractivity contribution < 1.29 is 18.7 Å². The summed E-state index contributed by atoms with van der Waals surface area (Å²) in [7, 11) is 0. The predicted molar refractivity (Wildman–Crippen MR) is 109 cm³/mol. The molecule has 144 valence electrons. The van der Waals surface area contributed by atoms with E-state index in [1.54, 1.807) is 6.07 Å². The number of nitrogens with one attached hydrogen (secondary N) is 2. The van der Waals surface area contributed by atoms with Gasteiger partial charge in [0.25, 0.3) is 0 Å². The van der Waals surface area contributed by atoms with E-state index < -0.39 is 17.6 Å². The average Bonchev–Trinajstić information content (AvgIpc) is 2.74. The Labute approximate surface area is 166 Å². The second-order valence-electron chi connectivity index (χ2n) is 5.82. The van der Waals surface area contributed by atoms with E-state index in [9.17, 15) is 14.0 Å². The number of amides is 2. The summed E-state index contributed by atoms with van der Waals surface area (Å²) in [5.74, 6) is 0.128. The van der Waals surface area contributed by atoms with E-state index in [0.717, 1.165) is 10.8 Å². The number of benzene rings is 3. The van der Waals surface area contributed by atoms with Gasteiger partial charge < -0.3 is 10.1 Å². The molecule has 0 heterocycles. The first-order valence-electron chi connectivity index (χ1n) is 8.57. The van der Waals surface area contributed by atoms with Crippen molar-refractivity contribution in [3.8, 4) is 18.1 Å². The molecule has 0 aliphatic heterocycles. The van der Waals surface area contributed by atoms with Crippen LogP contribution in [0, 0.1) is 18.2 Å². The summed E-state index contributed by atoms with van der Waals surface area (Å²) in [4.78, 5) is 23.9. The van der Waals surface area contributed by atoms with Crippen LogP contribution in [0.2, 0.25) is 0 Å². The number of carbonyl (C=O) groups is 2. The van der Waals surface area contributed by atoms with Crippen LogP contribution in [0.25, 0.3) is 10.8 Å². The fourth-order valence-electron chi connectivity index (χ4n) is 2.60. The summed E-state index contributed by atoms with van der Waals surface area (Å²) < 4.78 is 19.1. The molecule has 0 spiro atoms. The van der Waals surface area contributed by atoms with E-state index in [1.165, 1.54) is 30.5 Å². The number of ether oxygens (including phenoxy) is 1. The first-order chi connectivity index (χ1) is 14.1. The standard InChI is InChI=1S/C22H16FN3O3/c1-2-13-29-20-12-11-15-7-3-4-8-16(15)17(20)14-24-26-22(28)21(27)25-19-10-6-5-9-18(19)23/h1,3-12,14H,13H2,(H,25,27)(H,26,28)/b24-14-. The van der Waals surface area contributed by atoms with Crippen molar-refractivity contribution in [2.24, 2.45) is 5.10 Å². The molecule has 3 aromatic carbocycles. The number of nitrogens with zero attached hydrogens (tertiary/aromatic N) is 1. The van der Waals surface area contributed by atoms with Crippen LogP contribution in [0.1, 0.15) is 5.56 Å². The van der Waals surface area contributed by atoms with E-state index in [-0.39, 0.29) is 12.3 Å². The molecule has 2 N–H and O–H groups in total. The smallest absolute Gasteiger partial charge is 0.329 e. The van der Waals surface area contributed by atoms with Crippen molar-refractivity contribution in [1.82, 2.24) is 5.43 Å². The molecule has 0 aliphatic carbocycles. The minimum atomic E-state index is -1.05. The van der Waals surface area contributed by atoms with Crippen LogP contribution < -0.4 is 15.5 Å². The number of terminal acetylenes is 1. The molecule has 0 saturated heterocycles. The highest BCUT2D eigenvalue weighted by Crippen LogP contribution is 2.26. The van der Waals surface area contributed by atoms with Crippen LogP contribution in [0.4, 0.5) is 10.1 Å². The lowest BCUT2D eigenvalue weighted by molar-refractivity contribution is -0.136. The van der Waals surface area contributed by atoms with Gasteiger partial charge in [0.1, 0.15) is 18.2 Å². The number of hydrogen-bond donors (Lipinski definition) is 2. The fraction of sp³-hybridized carbons (Fsp3) is 0.0455. The number of hydrogen-bond acceptors (Lipinski definition) is 4. The van der Waals surface area contributed by atoms with Crippen LogP contribution in [-0.2, 0) is 9.59 Å². The maximum atomic E-state index is 13.6. The third kappa shape index (κ3) is 4.76. The summed E-state index contributed by atoms with van der Waals surface area (Å²) in [5.41, 5.74) is 2.61. The van der Waals surface area contributed by atoms with Gasteiger partial charge in [0.15, 0.2) is 0 Å². The van der Waals surface area contributed by atoms with Gasteiger partial charge in [0, 0.05) is 5.56 Å². The Hall–Kier alpha value is -4.18. The number of hydrazone groups is 1. The first-order valence-corrected chi connectivity index (χ1v) is 8.57. The van der Waals surface area contributed by atoms with Crippen LogP contribution in [0.3, 0.4) is 0 Å². The maximum absolute atomic E-state index is 13.6. The highest BCUT2D eigenvalue weighted by Gasteiger charge is 2.15. The summed E-state index contributed by atoms with van der Waals surface area (Å²) in [6.45, 7) is 0.0661. The van der Waals surface area contributed by atoms with Gasteiger partial charge >= 0.3 is 11.8 Å². The van der Waals surface area contributed by atoms with Crippen LogP contribution in [0.15, 0.2) is 65.8 Å². The van der Waals surface area contributed by atoms with Gasteiger partial charge in [-0.05, 0) is 29.0 Å². The zero-order valence-corrected chi connectivity index (χ0v) is 15.2. The van der Waals surface area contributed by atoms with Crippen LogP contribution >= 0.6 is 0 Å². The van der Waals surface area contributed by atoms with Gasteiger partial charge in [-0.25, -0.2) is 9.82 Å². The van der Waals surface area contributed by atoms with Crippen molar-refractivity contribution in [3.63, 3.8) is 0 Å². The van der Waals surface area contributed by atoms with Gasteiger partial charge in [-0.2, -0.15) is 5.10 Å². The maximum Gasteiger partial charge on any atom is 0.329 e. The van der Waals surface area contributed by atoms with Gasteiger partial charge in [-0.15, -0.1) is 6.42 Å². The van der Waals surface area contributed by atoms with E-state index in [1.807, 2.05) is 30.3 Å². The van der Waals surface area contributed by atoms with Crippen molar-refractivity contribution in [2.75, 3.05) is 11.9 Å². The number of carbonyl (C=O) groups excluding carboxylic acids is 2. The number of halogens is 1. The summed E-state index contributed by atoms with van der Waals surface area (Å²) >= 11 is 0. The normalized spacial score (nSPS) is 10.5. The molecule has 3 aromatic rings. The largest absolute Gasteiger partial charge is 0.480 e. The highest BCUT2D eigenvalue weighted by atomic mass is 19.1. The molecule has 29 heavy (non-hydrogen) atoms. The molecule has 0 atom stereocenters.